The zero-order valence-corrected chi connectivity index (χ0v) is 20.3. The first kappa shape index (κ1) is 23.7. The lowest BCUT2D eigenvalue weighted by molar-refractivity contribution is -0.0893. The number of para-hydroxylation sites is 1. The molecule has 0 amide bonds. The number of benzene rings is 3. The number of nitrogens with zero attached hydrogens (tertiary/aromatic N) is 2. The fourth-order valence-electron chi connectivity index (χ4n) is 3.64. The van der Waals surface area contributed by atoms with Crippen LogP contribution >= 0.6 is 0 Å². The van der Waals surface area contributed by atoms with Crippen molar-refractivity contribution in [2.75, 3.05) is 4.90 Å². The van der Waals surface area contributed by atoms with Crippen LogP contribution in [-0.4, -0.2) is 28.8 Å². The van der Waals surface area contributed by atoms with Crippen molar-refractivity contribution in [2.45, 2.75) is 38.9 Å². The largest absolute Gasteiger partial charge is 0.427 e. The molecule has 0 saturated carbocycles. The molecule has 4 nitrogen and oxygen atoms in total. The highest BCUT2D eigenvalue weighted by atomic mass is 16.5. The molecule has 5 heteroatoms. The summed E-state index contributed by atoms with van der Waals surface area (Å²) in [6.07, 6.45) is 1.81. The summed E-state index contributed by atoms with van der Waals surface area (Å²) in [6, 6.07) is 33.0. The van der Waals surface area contributed by atoms with E-state index >= 15 is 0 Å². The normalized spacial score (nSPS) is 11.8. The van der Waals surface area contributed by atoms with Gasteiger partial charge >= 0.3 is 7.48 Å². The van der Waals surface area contributed by atoms with Gasteiger partial charge in [0.15, 0.2) is 0 Å². The number of hydrogen-bond acceptors (Lipinski definition) is 4. The van der Waals surface area contributed by atoms with Gasteiger partial charge in [-0.2, -0.15) is 0 Å². The Kier molecular flexibility index (Phi) is 6.87. The molecule has 0 spiro atoms. The first-order chi connectivity index (χ1) is 16.3. The molecule has 0 radical (unpaired) electrons. The highest BCUT2D eigenvalue weighted by Gasteiger charge is 2.35. The second kappa shape index (κ2) is 9.84. The van der Waals surface area contributed by atoms with Crippen molar-refractivity contribution in [1.82, 2.24) is 4.98 Å². The van der Waals surface area contributed by atoms with E-state index in [1.54, 1.807) is 13.8 Å². The Balaban J connectivity index is 1.76. The van der Waals surface area contributed by atoms with Crippen LogP contribution in [0.2, 0.25) is 0 Å². The van der Waals surface area contributed by atoms with Gasteiger partial charge in [-0.3, -0.25) is 4.90 Å². The molecule has 34 heavy (non-hydrogen) atoms. The summed E-state index contributed by atoms with van der Waals surface area (Å²) in [4.78, 5) is 6.85. The fourth-order valence-corrected chi connectivity index (χ4v) is 3.64. The van der Waals surface area contributed by atoms with Gasteiger partial charge in [0, 0.05) is 17.4 Å². The van der Waals surface area contributed by atoms with Crippen LogP contribution in [-0.2, 0) is 4.65 Å². The maximum absolute atomic E-state index is 10.5. The zero-order valence-electron chi connectivity index (χ0n) is 20.3. The molecule has 1 aromatic heterocycles. The van der Waals surface area contributed by atoms with Crippen molar-refractivity contribution < 1.29 is 9.76 Å². The van der Waals surface area contributed by atoms with E-state index in [9.17, 15) is 5.11 Å². The maximum atomic E-state index is 10.5. The number of hydrogen-bond donors (Lipinski definition) is 1. The SMILES string of the molecule is CC(C)(O)C(C)(C)OBc1cccc(N(c2ccccn2)c2ccccc2-c2ccccc2)c1. The third-order valence-corrected chi connectivity index (χ3v) is 6.35. The Morgan fingerprint density at radius 2 is 1.50 bits per heavy atom. The predicted octanol–water partition coefficient (Wildman–Crippen LogP) is 5.76. The molecule has 0 aliphatic rings. The average Bonchev–Trinajstić information content (AvgIpc) is 2.84. The molecule has 4 aromatic rings. The Bertz CT molecular complexity index is 1220. The van der Waals surface area contributed by atoms with Gasteiger partial charge in [0.2, 0.25) is 0 Å². The van der Waals surface area contributed by atoms with E-state index in [-0.39, 0.29) is 0 Å². The maximum Gasteiger partial charge on any atom is 0.309 e. The van der Waals surface area contributed by atoms with Crippen LogP contribution < -0.4 is 10.4 Å². The van der Waals surface area contributed by atoms with Crippen molar-refractivity contribution >= 4 is 30.1 Å². The van der Waals surface area contributed by atoms with Crippen molar-refractivity contribution in [1.29, 1.82) is 0 Å². The van der Waals surface area contributed by atoms with Crippen LogP contribution in [0.15, 0.2) is 103 Å². The van der Waals surface area contributed by atoms with Gasteiger partial charge in [-0.25, -0.2) is 4.98 Å². The minimum Gasteiger partial charge on any atom is -0.427 e. The summed E-state index contributed by atoms with van der Waals surface area (Å²) in [5, 5.41) is 10.5. The minimum absolute atomic E-state index is 0.390. The standard InChI is InChI=1S/C29H31BN2O2/c1-28(2,33)29(3,4)34-30-23-15-12-16-24(21-23)32(27-19-10-11-20-31-27)26-18-9-8-17-25(26)22-13-6-5-7-14-22/h5-21,30,33H,1-4H3. The van der Waals surface area contributed by atoms with E-state index in [0.717, 1.165) is 33.8 Å². The molecule has 0 aliphatic heterocycles. The third kappa shape index (κ3) is 5.22. The lowest BCUT2D eigenvalue weighted by atomic mass is 9.82. The van der Waals surface area contributed by atoms with Gasteiger partial charge in [0.1, 0.15) is 5.82 Å². The van der Waals surface area contributed by atoms with Crippen LogP contribution in [0.1, 0.15) is 27.7 Å². The monoisotopic (exact) mass is 450 g/mol. The summed E-state index contributed by atoms with van der Waals surface area (Å²) in [7, 11) is 0.390. The Hall–Kier alpha value is -3.41. The first-order valence-electron chi connectivity index (χ1n) is 11.6. The Morgan fingerprint density at radius 3 is 2.21 bits per heavy atom. The Morgan fingerprint density at radius 1 is 0.794 bits per heavy atom. The summed E-state index contributed by atoms with van der Waals surface area (Å²) < 4.78 is 6.14. The molecule has 3 aromatic carbocycles. The van der Waals surface area contributed by atoms with Crippen molar-refractivity contribution in [2.24, 2.45) is 0 Å². The number of aliphatic hydroxyl groups is 1. The van der Waals surface area contributed by atoms with Gasteiger partial charge in [0.05, 0.1) is 16.9 Å². The zero-order chi connectivity index (χ0) is 24.2. The van der Waals surface area contributed by atoms with Gasteiger partial charge in [-0.1, -0.05) is 72.2 Å². The third-order valence-electron chi connectivity index (χ3n) is 6.35. The lowest BCUT2D eigenvalue weighted by Gasteiger charge is -2.37. The Labute approximate surface area is 203 Å². The van der Waals surface area contributed by atoms with Crippen LogP contribution in [0.25, 0.3) is 11.1 Å². The van der Waals surface area contributed by atoms with E-state index in [4.69, 9.17) is 4.65 Å². The van der Waals surface area contributed by atoms with Gasteiger partial charge in [-0.15, -0.1) is 0 Å². The van der Waals surface area contributed by atoms with Crippen molar-refractivity contribution in [3.8, 4) is 11.1 Å². The lowest BCUT2D eigenvalue weighted by Crippen LogP contribution is -2.49. The summed E-state index contributed by atoms with van der Waals surface area (Å²) in [5.74, 6) is 0.834. The van der Waals surface area contributed by atoms with Crippen molar-refractivity contribution in [3.05, 3.63) is 103 Å². The van der Waals surface area contributed by atoms with E-state index in [1.165, 1.54) is 0 Å². The smallest absolute Gasteiger partial charge is 0.309 e. The molecular weight excluding hydrogens is 419 g/mol. The van der Waals surface area contributed by atoms with E-state index in [0.29, 0.717) is 7.48 Å². The average molecular weight is 450 g/mol. The number of rotatable bonds is 8. The highest BCUT2D eigenvalue weighted by molar-refractivity contribution is 6.47. The molecule has 4 rings (SSSR count). The highest BCUT2D eigenvalue weighted by Crippen LogP contribution is 2.39. The van der Waals surface area contributed by atoms with Crippen LogP contribution in [0, 0.1) is 0 Å². The summed E-state index contributed by atoms with van der Waals surface area (Å²) >= 11 is 0. The molecule has 0 fully saturated rings. The van der Waals surface area contributed by atoms with E-state index in [1.807, 2.05) is 56.4 Å². The number of pyridine rings is 1. The van der Waals surface area contributed by atoms with Crippen LogP contribution in [0.5, 0.6) is 0 Å². The first-order valence-corrected chi connectivity index (χ1v) is 11.6. The van der Waals surface area contributed by atoms with Gasteiger partial charge in [-0.05, 0) is 63.6 Å². The van der Waals surface area contributed by atoms with Gasteiger partial charge in [0.25, 0.3) is 0 Å². The number of aromatic nitrogens is 1. The predicted molar refractivity (Wildman–Crippen MR) is 143 cm³/mol. The molecule has 0 aliphatic carbocycles. The number of anilines is 3. The quantitative estimate of drug-likeness (QED) is 0.347. The molecule has 0 atom stereocenters. The molecule has 1 N–H and O–H groups in total. The molecular formula is C29H31BN2O2. The summed E-state index contributed by atoms with van der Waals surface area (Å²) in [6.45, 7) is 7.36. The molecule has 172 valence electrons. The molecule has 1 heterocycles. The van der Waals surface area contributed by atoms with Gasteiger partial charge < -0.3 is 9.76 Å². The second-order valence-electron chi connectivity index (χ2n) is 9.43. The van der Waals surface area contributed by atoms with Crippen LogP contribution in [0.4, 0.5) is 17.2 Å². The second-order valence-corrected chi connectivity index (χ2v) is 9.43. The molecule has 0 bridgehead atoms. The summed E-state index contributed by atoms with van der Waals surface area (Å²) in [5.41, 5.74) is 3.67. The van der Waals surface area contributed by atoms with E-state index in [2.05, 4.69) is 70.5 Å². The topological polar surface area (TPSA) is 45.6 Å². The minimum atomic E-state index is -0.959. The molecule has 0 unspecified atom stereocenters. The fraction of sp³-hybridized carbons (Fsp3) is 0.207. The van der Waals surface area contributed by atoms with Crippen LogP contribution in [0.3, 0.4) is 0 Å². The van der Waals surface area contributed by atoms with E-state index < -0.39 is 11.2 Å². The molecule has 0 saturated heterocycles. The van der Waals surface area contributed by atoms with Crippen molar-refractivity contribution in [3.63, 3.8) is 0 Å².